The van der Waals surface area contributed by atoms with Crippen molar-refractivity contribution in [3.63, 3.8) is 0 Å². The molecule has 0 spiro atoms. The number of benzene rings is 1. The minimum Gasteiger partial charge on any atom is -0.481 e. The van der Waals surface area contributed by atoms with Crippen molar-refractivity contribution in [3.05, 3.63) is 52.3 Å². The largest absolute Gasteiger partial charge is 0.481 e. The maximum absolute atomic E-state index is 11.3. The highest BCUT2D eigenvalue weighted by Gasteiger charge is 2.36. The van der Waals surface area contributed by atoms with Crippen LogP contribution in [0, 0.1) is 6.92 Å². The number of rotatable bonds is 6. The first-order valence-corrected chi connectivity index (χ1v) is 11.6. The van der Waals surface area contributed by atoms with E-state index in [1.165, 1.54) is 17.0 Å². The zero-order valence-electron chi connectivity index (χ0n) is 18.7. The lowest BCUT2D eigenvalue weighted by Crippen LogP contribution is -2.55. The van der Waals surface area contributed by atoms with Crippen LogP contribution in [-0.4, -0.2) is 57.1 Å². The lowest BCUT2D eigenvalue weighted by molar-refractivity contribution is -0.145. The number of nitrogens with zero attached hydrogens (tertiary/aromatic N) is 3. The number of morpholine rings is 1. The van der Waals surface area contributed by atoms with Crippen molar-refractivity contribution >= 4 is 30.0 Å². The van der Waals surface area contributed by atoms with Crippen LogP contribution in [0.15, 0.2) is 30.3 Å². The Balaban J connectivity index is 0.00000289. The summed E-state index contributed by atoms with van der Waals surface area (Å²) >= 11 is 6.05. The number of aliphatic carboxylic acids is 1. The Bertz CT molecular complexity index is 875. The second-order valence-corrected chi connectivity index (χ2v) is 9.51. The van der Waals surface area contributed by atoms with Gasteiger partial charge < -0.3 is 9.84 Å². The first-order valence-electron chi connectivity index (χ1n) is 11.2. The van der Waals surface area contributed by atoms with E-state index in [2.05, 4.69) is 30.0 Å². The van der Waals surface area contributed by atoms with E-state index in [4.69, 9.17) is 21.4 Å². The number of hydrogen-bond donors (Lipinski definition) is 1. The van der Waals surface area contributed by atoms with Crippen LogP contribution >= 0.6 is 24.0 Å². The van der Waals surface area contributed by atoms with Gasteiger partial charge in [0, 0.05) is 42.3 Å². The summed E-state index contributed by atoms with van der Waals surface area (Å²) in [7, 11) is 2.00. The maximum Gasteiger partial charge on any atom is 0.306 e. The molecule has 2 aromatic rings. The molecular formula is C24H33Cl2N3O3. The van der Waals surface area contributed by atoms with Crippen LogP contribution < -0.4 is 0 Å². The van der Waals surface area contributed by atoms with Crippen molar-refractivity contribution in [2.45, 2.75) is 69.6 Å². The zero-order chi connectivity index (χ0) is 22.0. The van der Waals surface area contributed by atoms with Crippen molar-refractivity contribution in [3.8, 4) is 0 Å². The van der Waals surface area contributed by atoms with Gasteiger partial charge in [0.25, 0.3) is 0 Å². The zero-order valence-corrected chi connectivity index (χ0v) is 20.3. The monoisotopic (exact) mass is 481 g/mol. The van der Waals surface area contributed by atoms with Gasteiger partial charge in [0.15, 0.2) is 0 Å². The normalized spacial score (nSPS) is 26.5. The standard InChI is InChI=1S/C24H32ClN3O3.ClH/c1-16-11-23(26-27(16)2)18-5-9-20(10-6-18)28-14-22(13-24(29)30)31-15-21(28)12-17-3-7-19(25)8-4-17;/h3-4,7-8,11,18,20-22H,5-6,9-10,12-15H2,1-2H3,(H,29,30);1H/t18?,20?,21-,22-;/m0./s1. The molecule has 4 rings (SSSR count). The highest BCUT2D eigenvalue weighted by atomic mass is 35.5. The summed E-state index contributed by atoms with van der Waals surface area (Å²) in [5.41, 5.74) is 3.64. The van der Waals surface area contributed by atoms with E-state index in [-0.39, 0.29) is 31.0 Å². The molecule has 1 aliphatic carbocycles. The van der Waals surface area contributed by atoms with Crippen molar-refractivity contribution < 1.29 is 14.6 Å². The molecular weight excluding hydrogens is 449 g/mol. The Labute approximate surface area is 201 Å². The summed E-state index contributed by atoms with van der Waals surface area (Å²) in [5, 5.41) is 14.7. The van der Waals surface area contributed by atoms with Crippen molar-refractivity contribution in [1.29, 1.82) is 0 Å². The van der Waals surface area contributed by atoms with E-state index in [1.807, 2.05) is 23.9 Å². The molecule has 1 aromatic carbocycles. The maximum atomic E-state index is 11.3. The van der Waals surface area contributed by atoms with E-state index >= 15 is 0 Å². The summed E-state index contributed by atoms with van der Waals surface area (Å²) in [6.45, 7) is 3.35. The minimum absolute atomic E-state index is 0. The summed E-state index contributed by atoms with van der Waals surface area (Å²) in [6, 6.07) is 10.9. The molecule has 0 amide bonds. The first kappa shape index (κ1) is 25.0. The van der Waals surface area contributed by atoms with Gasteiger partial charge in [-0.3, -0.25) is 14.4 Å². The van der Waals surface area contributed by atoms with Crippen LogP contribution in [0.2, 0.25) is 5.02 Å². The third-order valence-corrected chi connectivity index (χ3v) is 7.16. The number of halogens is 2. The van der Waals surface area contributed by atoms with Gasteiger partial charge in [-0.05, 0) is 62.8 Å². The Morgan fingerprint density at radius 1 is 1.22 bits per heavy atom. The summed E-state index contributed by atoms with van der Waals surface area (Å²) in [4.78, 5) is 13.8. The van der Waals surface area contributed by atoms with Crippen molar-refractivity contribution in [1.82, 2.24) is 14.7 Å². The van der Waals surface area contributed by atoms with Crippen molar-refractivity contribution in [2.75, 3.05) is 13.2 Å². The van der Waals surface area contributed by atoms with Gasteiger partial charge in [0.2, 0.25) is 0 Å². The van der Waals surface area contributed by atoms with Gasteiger partial charge in [0.05, 0.1) is 24.8 Å². The lowest BCUT2D eigenvalue weighted by Gasteiger charge is -2.46. The molecule has 0 bridgehead atoms. The van der Waals surface area contributed by atoms with Gasteiger partial charge in [-0.1, -0.05) is 23.7 Å². The SMILES string of the molecule is Cc1cc(C2CCC(N3C[C@H](CC(=O)O)OC[C@@H]3Cc3ccc(Cl)cc3)CC2)nn1C.Cl. The molecule has 176 valence electrons. The van der Waals surface area contributed by atoms with Gasteiger partial charge >= 0.3 is 5.97 Å². The molecule has 0 radical (unpaired) electrons. The topological polar surface area (TPSA) is 67.6 Å². The molecule has 0 unspecified atom stereocenters. The fourth-order valence-electron chi connectivity index (χ4n) is 5.11. The highest BCUT2D eigenvalue weighted by molar-refractivity contribution is 6.30. The summed E-state index contributed by atoms with van der Waals surface area (Å²) in [6.07, 6.45) is 5.17. The molecule has 1 aliphatic heterocycles. The van der Waals surface area contributed by atoms with Crippen LogP contribution in [0.4, 0.5) is 0 Å². The number of hydrogen-bond acceptors (Lipinski definition) is 4. The van der Waals surface area contributed by atoms with Gasteiger partial charge in [-0.15, -0.1) is 12.4 Å². The molecule has 32 heavy (non-hydrogen) atoms. The average molecular weight is 482 g/mol. The summed E-state index contributed by atoms with van der Waals surface area (Å²) in [5.74, 6) is -0.281. The fraction of sp³-hybridized carbons (Fsp3) is 0.583. The minimum atomic E-state index is -0.796. The Morgan fingerprint density at radius 2 is 1.91 bits per heavy atom. The fourth-order valence-corrected chi connectivity index (χ4v) is 5.23. The molecule has 2 fully saturated rings. The van der Waals surface area contributed by atoms with Crippen LogP contribution in [-0.2, 0) is 23.0 Å². The van der Waals surface area contributed by atoms with E-state index in [1.54, 1.807) is 0 Å². The molecule has 2 aliphatic rings. The molecule has 1 saturated heterocycles. The second kappa shape index (κ2) is 11.0. The third kappa shape index (κ3) is 6.04. The van der Waals surface area contributed by atoms with E-state index in [9.17, 15) is 9.90 Å². The number of carboxylic acid groups (broad SMARTS) is 1. The Hall–Kier alpha value is -1.60. The molecule has 1 aromatic heterocycles. The van der Waals surface area contributed by atoms with Crippen LogP contribution in [0.25, 0.3) is 0 Å². The van der Waals surface area contributed by atoms with Gasteiger partial charge in [-0.2, -0.15) is 5.10 Å². The van der Waals surface area contributed by atoms with Crippen LogP contribution in [0.3, 0.4) is 0 Å². The molecule has 1 N–H and O–H groups in total. The number of aromatic nitrogens is 2. The highest BCUT2D eigenvalue weighted by Crippen LogP contribution is 2.36. The average Bonchev–Trinajstić information content (AvgIpc) is 3.09. The van der Waals surface area contributed by atoms with Crippen LogP contribution in [0.1, 0.15) is 55.0 Å². The Morgan fingerprint density at radius 3 is 2.50 bits per heavy atom. The van der Waals surface area contributed by atoms with E-state index in [0.717, 1.165) is 37.1 Å². The number of aryl methyl sites for hydroxylation is 2. The van der Waals surface area contributed by atoms with Gasteiger partial charge in [-0.25, -0.2) is 0 Å². The predicted octanol–water partition coefficient (Wildman–Crippen LogP) is 4.62. The summed E-state index contributed by atoms with van der Waals surface area (Å²) < 4.78 is 7.92. The van der Waals surface area contributed by atoms with Gasteiger partial charge in [0.1, 0.15) is 0 Å². The van der Waals surface area contributed by atoms with Crippen LogP contribution in [0.5, 0.6) is 0 Å². The smallest absolute Gasteiger partial charge is 0.306 e. The first-order chi connectivity index (χ1) is 14.9. The molecule has 8 heteroatoms. The molecule has 2 atom stereocenters. The quantitative estimate of drug-likeness (QED) is 0.651. The Kier molecular flexibility index (Phi) is 8.62. The molecule has 2 heterocycles. The predicted molar refractivity (Wildman–Crippen MR) is 128 cm³/mol. The molecule has 6 nitrogen and oxygen atoms in total. The number of carbonyl (C=O) groups is 1. The van der Waals surface area contributed by atoms with E-state index < -0.39 is 5.97 Å². The van der Waals surface area contributed by atoms with E-state index in [0.29, 0.717) is 25.1 Å². The molecule has 1 saturated carbocycles. The number of ether oxygens (including phenoxy) is 1. The number of carboxylic acids is 1. The third-order valence-electron chi connectivity index (χ3n) is 6.91. The van der Waals surface area contributed by atoms with Crippen molar-refractivity contribution in [2.24, 2.45) is 7.05 Å². The second-order valence-electron chi connectivity index (χ2n) is 9.07. The lowest BCUT2D eigenvalue weighted by atomic mass is 9.82.